The van der Waals surface area contributed by atoms with Gasteiger partial charge in [0.2, 0.25) is 0 Å². The fraction of sp³-hybridized carbons (Fsp3) is 0.500. The molecule has 0 bridgehead atoms. The van der Waals surface area contributed by atoms with Crippen LogP contribution in [0.1, 0.15) is 26.3 Å². The van der Waals surface area contributed by atoms with Gasteiger partial charge >= 0.3 is 0 Å². The standard InChI is InChI=1S/C14H20ClNO2/c1-10(16-13(17)14(2,3)18-4)8-11-6-5-7-12(15)9-11/h5-7,9-10H,8H2,1-4H3,(H,16,17). The first-order chi connectivity index (χ1) is 8.35. The number of hydrogen-bond donors (Lipinski definition) is 1. The molecule has 0 aliphatic heterocycles. The lowest BCUT2D eigenvalue weighted by atomic mass is 10.0. The normalized spacial score (nSPS) is 13.2. The Morgan fingerprint density at radius 1 is 1.50 bits per heavy atom. The molecule has 3 nitrogen and oxygen atoms in total. The van der Waals surface area contributed by atoms with Crippen LogP contribution in [0.3, 0.4) is 0 Å². The number of hydrogen-bond acceptors (Lipinski definition) is 2. The maximum absolute atomic E-state index is 11.9. The number of nitrogens with one attached hydrogen (secondary N) is 1. The summed E-state index contributed by atoms with van der Waals surface area (Å²) in [6, 6.07) is 7.68. The van der Waals surface area contributed by atoms with Gasteiger partial charge in [-0.15, -0.1) is 0 Å². The van der Waals surface area contributed by atoms with Crippen LogP contribution in [0.25, 0.3) is 0 Å². The Kier molecular flexibility index (Phi) is 5.17. The minimum atomic E-state index is -0.803. The zero-order valence-corrected chi connectivity index (χ0v) is 12.0. The van der Waals surface area contributed by atoms with Crippen LogP contribution in [0.15, 0.2) is 24.3 Å². The Hall–Kier alpha value is -1.06. The summed E-state index contributed by atoms with van der Waals surface area (Å²) in [5, 5.41) is 3.64. The van der Waals surface area contributed by atoms with Gasteiger partial charge in [-0.1, -0.05) is 23.7 Å². The van der Waals surface area contributed by atoms with Crippen molar-refractivity contribution in [2.24, 2.45) is 0 Å². The molecule has 0 spiro atoms. The van der Waals surface area contributed by atoms with E-state index in [1.54, 1.807) is 13.8 Å². The van der Waals surface area contributed by atoms with Gasteiger partial charge in [0.15, 0.2) is 0 Å². The van der Waals surface area contributed by atoms with E-state index < -0.39 is 5.60 Å². The van der Waals surface area contributed by atoms with Crippen LogP contribution in [0.2, 0.25) is 5.02 Å². The summed E-state index contributed by atoms with van der Waals surface area (Å²) in [5.74, 6) is -0.112. The molecule has 0 aliphatic carbocycles. The fourth-order valence-electron chi connectivity index (χ4n) is 1.56. The predicted molar refractivity (Wildman–Crippen MR) is 73.8 cm³/mol. The van der Waals surface area contributed by atoms with E-state index in [0.717, 1.165) is 12.0 Å². The second-order valence-electron chi connectivity index (χ2n) is 4.92. The molecule has 100 valence electrons. The Morgan fingerprint density at radius 2 is 2.17 bits per heavy atom. The molecule has 0 saturated heterocycles. The number of ether oxygens (including phenoxy) is 1. The predicted octanol–water partition coefficient (Wildman–Crippen LogP) is 2.81. The molecule has 1 rings (SSSR count). The highest BCUT2D eigenvalue weighted by molar-refractivity contribution is 6.30. The Labute approximate surface area is 113 Å². The Bertz CT molecular complexity index is 418. The molecule has 0 radical (unpaired) electrons. The first-order valence-electron chi connectivity index (χ1n) is 5.95. The third-order valence-corrected chi connectivity index (χ3v) is 3.10. The van der Waals surface area contributed by atoms with E-state index in [-0.39, 0.29) is 11.9 Å². The van der Waals surface area contributed by atoms with E-state index in [2.05, 4.69) is 5.32 Å². The van der Waals surface area contributed by atoms with Gasteiger partial charge in [-0.2, -0.15) is 0 Å². The summed E-state index contributed by atoms with van der Waals surface area (Å²) in [4.78, 5) is 11.9. The molecule has 1 aromatic carbocycles. The number of amides is 1. The van der Waals surface area contributed by atoms with E-state index in [4.69, 9.17) is 16.3 Å². The quantitative estimate of drug-likeness (QED) is 0.893. The summed E-state index contributed by atoms with van der Waals surface area (Å²) < 4.78 is 5.14. The van der Waals surface area contributed by atoms with Crippen LogP contribution < -0.4 is 5.32 Å². The lowest BCUT2D eigenvalue weighted by Gasteiger charge is -2.24. The first kappa shape index (κ1) is 15.0. The molecule has 0 aliphatic rings. The molecule has 1 atom stereocenters. The number of rotatable bonds is 5. The molecule has 1 N–H and O–H groups in total. The highest BCUT2D eigenvalue weighted by atomic mass is 35.5. The van der Waals surface area contributed by atoms with E-state index in [1.165, 1.54) is 7.11 Å². The van der Waals surface area contributed by atoms with Crippen molar-refractivity contribution in [1.29, 1.82) is 0 Å². The minimum Gasteiger partial charge on any atom is -0.369 e. The summed E-state index contributed by atoms with van der Waals surface area (Å²) in [5.41, 5.74) is 0.299. The third-order valence-electron chi connectivity index (χ3n) is 2.87. The smallest absolute Gasteiger partial charge is 0.251 e. The fourth-order valence-corrected chi connectivity index (χ4v) is 1.77. The van der Waals surface area contributed by atoms with Crippen molar-refractivity contribution in [1.82, 2.24) is 5.32 Å². The Balaban J connectivity index is 2.57. The van der Waals surface area contributed by atoms with E-state index >= 15 is 0 Å². The number of halogens is 1. The van der Waals surface area contributed by atoms with Crippen molar-refractivity contribution < 1.29 is 9.53 Å². The highest BCUT2D eigenvalue weighted by Gasteiger charge is 2.27. The second-order valence-corrected chi connectivity index (χ2v) is 5.36. The van der Waals surface area contributed by atoms with Gasteiger partial charge in [-0.3, -0.25) is 4.79 Å². The Morgan fingerprint density at radius 3 is 2.72 bits per heavy atom. The summed E-state index contributed by atoms with van der Waals surface area (Å²) in [6.07, 6.45) is 0.742. The maximum Gasteiger partial charge on any atom is 0.251 e. The second kappa shape index (κ2) is 6.21. The molecular formula is C14H20ClNO2. The van der Waals surface area contributed by atoms with Gasteiger partial charge in [0.05, 0.1) is 0 Å². The maximum atomic E-state index is 11.9. The van der Waals surface area contributed by atoms with Crippen LogP contribution in [0, 0.1) is 0 Å². The van der Waals surface area contributed by atoms with E-state index in [9.17, 15) is 4.79 Å². The van der Waals surface area contributed by atoms with Crippen LogP contribution in [-0.2, 0) is 16.0 Å². The van der Waals surface area contributed by atoms with Crippen LogP contribution in [0.5, 0.6) is 0 Å². The molecule has 1 unspecified atom stereocenters. The molecule has 0 heterocycles. The molecule has 1 amide bonds. The zero-order valence-electron chi connectivity index (χ0n) is 11.3. The number of benzene rings is 1. The van der Waals surface area contributed by atoms with Crippen molar-refractivity contribution in [3.05, 3.63) is 34.9 Å². The largest absolute Gasteiger partial charge is 0.369 e. The summed E-state index contributed by atoms with van der Waals surface area (Å²) in [7, 11) is 1.53. The first-order valence-corrected chi connectivity index (χ1v) is 6.33. The molecule has 18 heavy (non-hydrogen) atoms. The van der Waals surface area contributed by atoms with Crippen LogP contribution >= 0.6 is 11.6 Å². The molecular weight excluding hydrogens is 250 g/mol. The number of carbonyl (C=O) groups excluding carboxylic acids is 1. The van der Waals surface area contributed by atoms with Crippen molar-refractivity contribution in [2.45, 2.75) is 38.8 Å². The van der Waals surface area contributed by atoms with E-state index in [0.29, 0.717) is 5.02 Å². The molecule has 4 heteroatoms. The molecule has 1 aromatic rings. The summed E-state index contributed by atoms with van der Waals surface area (Å²) in [6.45, 7) is 5.45. The van der Waals surface area contributed by atoms with Crippen molar-refractivity contribution in [2.75, 3.05) is 7.11 Å². The molecule has 0 fully saturated rings. The van der Waals surface area contributed by atoms with Gasteiger partial charge in [-0.05, 0) is 44.9 Å². The summed E-state index contributed by atoms with van der Waals surface area (Å²) >= 11 is 5.92. The van der Waals surface area contributed by atoms with Gasteiger partial charge in [0.1, 0.15) is 5.60 Å². The topological polar surface area (TPSA) is 38.3 Å². The van der Waals surface area contributed by atoms with Crippen molar-refractivity contribution >= 4 is 17.5 Å². The third kappa shape index (κ3) is 4.31. The van der Waals surface area contributed by atoms with Crippen molar-refractivity contribution in [3.63, 3.8) is 0 Å². The van der Waals surface area contributed by atoms with Crippen LogP contribution in [0.4, 0.5) is 0 Å². The van der Waals surface area contributed by atoms with Crippen molar-refractivity contribution in [3.8, 4) is 0 Å². The van der Waals surface area contributed by atoms with Gasteiger partial charge < -0.3 is 10.1 Å². The minimum absolute atomic E-state index is 0.0328. The average molecular weight is 270 g/mol. The SMILES string of the molecule is COC(C)(C)C(=O)NC(C)Cc1cccc(Cl)c1. The van der Waals surface area contributed by atoms with Gasteiger partial charge in [-0.25, -0.2) is 0 Å². The molecule has 0 saturated carbocycles. The average Bonchev–Trinajstić information content (AvgIpc) is 2.28. The van der Waals surface area contributed by atoms with E-state index in [1.807, 2.05) is 31.2 Å². The molecule has 0 aromatic heterocycles. The zero-order chi connectivity index (χ0) is 13.8. The number of carbonyl (C=O) groups is 1. The van der Waals surface area contributed by atoms with Gasteiger partial charge in [0.25, 0.3) is 5.91 Å². The van der Waals surface area contributed by atoms with Crippen LogP contribution in [-0.4, -0.2) is 24.7 Å². The van der Waals surface area contributed by atoms with Gasteiger partial charge in [0, 0.05) is 18.2 Å². The number of methoxy groups -OCH3 is 1. The monoisotopic (exact) mass is 269 g/mol. The lowest BCUT2D eigenvalue weighted by molar-refractivity contribution is -0.140. The lowest BCUT2D eigenvalue weighted by Crippen LogP contribution is -2.47. The highest BCUT2D eigenvalue weighted by Crippen LogP contribution is 2.13.